The standard InChI is InChI=1S/C20H25NO5/c1-12(21)18(20(23)24)19(22)14-7-9-16(10-8-14)26-17-6-4-5-15(11-17)13(2)25-3/h7-10,15,17,21-22H,2,4-6,11H2,1,3H3,(H,23,24)/b19-18+,21-12?. The summed E-state index contributed by atoms with van der Waals surface area (Å²) in [7, 11) is 1.63. The number of hydrogen-bond donors (Lipinski definition) is 3. The molecule has 1 aromatic rings. The Labute approximate surface area is 153 Å². The molecule has 0 heterocycles. The number of allylic oxidation sites excluding steroid dienone is 1. The smallest absolute Gasteiger partial charge is 0.341 e. The van der Waals surface area contributed by atoms with Crippen LogP contribution in [0.15, 0.2) is 42.2 Å². The van der Waals surface area contributed by atoms with E-state index in [0.717, 1.165) is 31.4 Å². The zero-order valence-corrected chi connectivity index (χ0v) is 15.1. The number of aliphatic hydroxyl groups is 1. The Balaban J connectivity index is 2.10. The molecular formula is C20H25NO5. The third-order valence-electron chi connectivity index (χ3n) is 4.60. The number of carboxylic acid groups (broad SMARTS) is 1. The van der Waals surface area contributed by atoms with E-state index >= 15 is 0 Å². The Morgan fingerprint density at radius 1 is 1.23 bits per heavy atom. The van der Waals surface area contributed by atoms with E-state index in [4.69, 9.17) is 20.0 Å². The summed E-state index contributed by atoms with van der Waals surface area (Å²) in [5.74, 6) is -0.0306. The second kappa shape index (κ2) is 8.56. The van der Waals surface area contributed by atoms with Gasteiger partial charge in [-0.15, -0.1) is 0 Å². The third kappa shape index (κ3) is 4.65. The van der Waals surface area contributed by atoms with E-state index in [1.54, 1.807) is 31.4 Å². The first kappa shape index (κ1) is 19.6. The van der Waals surface area contributed by atoms with E-state index in [1.165, 1.54) is 6.92 Å². The normalized spacial score (nSPS) is 20.7. The molecule has 1 aromatic carbocycles. The van der Waals surface area contributed by atoms with Crippen LogP contribution in [0.5, 0.6) is 5.75 Å². The molecule has 0 saturated heterocycles. The largest absolute Gasteiger partial charge is 0.506 e. The van der Waals surface area contributed by atoms with Gasteiger partial charge in [0.1, 0.15) is 17.1 Å². The lowest BCUT2D eigenvalue weighted by Gasteiger charge is -2.30. The zero-order chi connectivity index (χ0) is 19.3. The summed E-state index contributed by atoms with van der Waals surface area (Å²) >= 11 is 0. The van der Waals surface area contributed by atoms with Crippen LogP contribution in [0, 0.1) is 11.3 Å². The number of methoxy groups -OCH3 is 1. The maximum Gasteiger partial charge on any atom is 0.341 e. The molecule has 0 bridgehead atoms. The molecule has 26 heavy (non-hydrogen) atoms. The summed E-state index contributed by atoms with van der Waals surface area (Å²) in [4.78, 5) is 11.2. The van der Waals surface area contributed by atoms with Gasteiger partial charge >= 0.3 is 5.97 Å². The van der Waals surface area contributed by atoms with Gasteiger partial charge in [-0.25, -0.2) is 4.79 Å². The molecule has 1 aliphatic carbocycles. The van der Waals surface area contributed by atoms with Crippen molar-refractivity contribution in [2.75, 3.05) is 7.11 Å². The van der Waals surface area contributed by atoms with Crippen molar-refractivity contribution in [3.63, 3.8) is 0 Å². The molecule has 0 radical (unpaired) electrons. The number of aliphatic hydroxyl groups excluding tert-OH is 1. The Morgan fingerprint density at radius 2 is 1.88 bits per heavy atom. The van der Waals surface area contributed by atoms with Gasteiger partial charge in [-0.1, -0.05) is 6.58 Å². The van der Waals surface area contributed by atoms with E-state index < -0.39 is 17.3 Å². The molecule has 0 aliphatic heterocycles. The predicted octanol–water partition coefficient (Wildman–Crippen LogP) is 4.18. The highest BCUT2D eigenvalue weighted by Gasteiger charge is 2.26. The molecule has 2 rings (SSSR count). The SMILES string of the molecule is C=C(OC)C1CCCC(Oc2ccc(/C(O)=C(/C(C)=N)C(=O)O)cc2)C1. The van der Waals surface area contributed by atoms with Crippen LogP contribution in [0.2, 0.25) is 0 Å². The van der Waals surface area contributed by atoms with Crippen LogP contribution in [0.1, 0.15) is 38.2 Å². The summed E-state index contributed by atoms with van der Waals surface area (Å²) in [5, 5.41) is 26.8. The van der Waals surface area contributed by atoms with Crippen molar-refractivity contribution in [3.05, 3.63) is 47.7 Å². The quantitative estimate of drug-likeness (QED) is 0.385. The molecule has 0 aromatic heterocycles. The molecule has 2 unspecified atom stereocenters. The molecule has 6 heteroatoms. The van der Waals surface area contributed by atoms with Gasteiger partial charge in [0.25, 0.3) is 0 Å². The average molecular weight is 359 g/mol. The number of benzene rings is 1. The van der Waals surface area contributed by atoms with E-state index in [-0.39, 0.29) is 11.8 Å². The number of nitrogens with one attached hydrogen (secondary N) is 1. The fourth-order valence-electron chi connectivity index (χ4n) is 3.18. The summed E-state index contributed by atoms with van der Waals surface area (Å²) in [6.45, 7) is 5.26. The Hall–Kier alpha value is -2.76. The molecule has 1 saturated carbocycles. The molecule has 1 aliphatic rings. The van der Waals surface area contributed by atoms with Gasteiger partial charge in [0.2, 0.25) is 0 Å². The van der Waals surface area contributed by atoms with Gasteiger partial charge in [0.05, 0.1) is 19.0 Å². The topological polar surface area (TPSA) is 99.8 Å². The van der Waals surface area contributed by atoms with Crippen molar-refractivity contribution in [1.82, 2.24) is 0 Å². The summed E-state index contributed by atoms with van der Waals surface area (Å²) in [6.07, 6.45) is 3.95. The molecule has 0 spiro atoms. The van der Waals surface area contributed by atoms with Crippen LogP contribution in [-0.2, 0) is 9.53 Å². The predicted molar refractivity (Wildman–Crippen MR) is 99.6 cm³/mol. The van der Waals surface area contributed by atoms with Gasteiger partial charge in [0, 0.05) is 17.2 Å². The van der Waals surface area contributed by atoms with Crippen LogP contribution in [0.3, 0.4) is 0 Å². The van der Waals surface area contributed by atoms with E-state index in [0.29, 0.717) is 17.2 Å². The summed E-state index contributed by atoms with van der Waals surface area (Å²) in [6, 6.07) is 6.56. The van der Waals surface area contributed by atoms with Gasteiger partial charge in [-0.3, -0.25) is 0 Å². The minimum Gasteiger partial charge on any atom is -0.506 e. The second-order valence-electron chi connectivity index (χ2n) is 6.45. The van der Waals surface area contributed by atoms with Crippen molar-refractivity contribution in [3.8, 4) is 5.75 Å². The maximum absolute atomic E-state index is 11.2. The van der Waals surface area contributed by atoms with Crippen molar-refractivity contribution in [1.29, 1.82) is 5.41 Å². The van der Waals surface area contributed by atoms with Gasteiger partial charge in [-0.2, -0.15) is 0 Å². The van der Waals surface area contributed by atoms with Crippen molar-refractivity contribution >= 4 is 17.4 Å². The van der Waals surface area contributed by atoms with Crippen LogP contribution in [0.25, 0.3) is 5.76 Å². The number of carbonyl (C=O) groups is 1. The van der Waals surface area contributed by atoms with Crippen LogP contribution in [-0.4, -0.2) is 35.1 Å². The maximum atomic E-state index is 11.2. The Kier molecular flexibility index (Phi) is 6.44. The zero-order valence-electron chi connectivity index (χ0n) is 15.1. The minimum absolute atomic E-state index is 0.0639. The average Bonchev–Trinajstić information content (AvgIpc) is 2.61. The fraction of sp³-hybridized carbons (Fsp3) is 0.400. The first-order chi connectivity index (χ1) is 12.3. The number of hydrogen-bond acceptors (Lipinski definition) is 5. The lowest BCUT2D eigenvalue weighted by atomic mass is 9.86. The fourth-order valence-corrected chi connectivity index (χ4v) is 3.18. The highest BCUT2D eigenvalue weighted by Crippen LogP contribution is 2.32. The Morgan fingerprint density at radius 3 is 2.42 bits per heavy atom. The van der Waals surface area contributed by atoms with Gasteiger partial charge in [0.15, 0.2) is 0 Å². The molecule has 3 N–H and O–H groups in total. The molecular weight excluding hydrogens is 334 g/mol. The molecule has 2 atom stereocenters. The highest BCUT2D eigenvalue weighted by molar-refractivity contribution is 6.21. The molecule has 0 amide bonds. The van der Waals surface area contributed by atoms with Gasteiger partial charge < -0.3 is 25.1 Å². The lowest BCUT2D eigenvalue weighted by Crippen LogP contribution is -2.26. The third-order valence-corrected chi connectivity index (χ3v) is 4.60. The summed E-state index contributed by atoms with van der Waals surface area (Å²) in [5.41, 5.74) is -0.288. The van der Waals surface area contributed by atoms with Crippen molar-refractivity contribution < 1.29 is 24.5 Å². The van der Waals surface area contributed by atoms with Crippen molar-refractivity contribution in [2.24, 2.45) is 5.92 Å². The van der Waals surface area contributed by atoms with E-state index in [2.05, 4.69) is 6.58 Å². The van der Waals surface area contributed by atoms with E-state index in [1.807, 2.05) is 0 Å². The first-order valence-electron chi connectivity index (χ1n) is 8.55. The number of carboxylic acids is 1. The van der Waals surface area contributed by atoms with E-state index in [9.17, 15) is 9.90 Å². The monoisotopic (exact) mass is 359 g/mol. The number of rotatable bonds is 7. The van der Waals surface area contributed by atoms with Crippen LogP contribution >= 0.6 is 0 Å². The Bertz CT molecular complexity index is 704. The number of aliphatic carboxylic acids is 1. The van der Waals surface area contributed by atoms with Crippen LogP contribution < -0.4 is 4.74 Å². The first-order valence-corrected chi connectivity index (χ1v) is 8.55. The highest BCUT2D eigenvalue weighted by atomic mass is 16.5. The molecule has 6 nitrogen and oxygen atoms in total. The summed E-state index contributed by atoms with van der Waals surface area (Å²) < 4.78 is 11.3. The molecule has 140 valence electrons. The van der Waals surface area contributed by atoms with Crippen LogP contribution in [0.4, 0.5) is 0 Å². The van der Waals surface area contributed by atoms with Gasteiger partial charge in [-0.05, 0) is 56.9 Å². The van der Waals surface area contributed by atoms with Crippen molar-refractivity contribution in [2.45, 2.75) is 38.7 Å². The minimum atomic E-state index is -1.33. The second-order valence-corrected chi connectivity index (χ2v) is 6.45. The number of ether oxygens (including phenoxy) is 2. The molecule has 1 fully saturated rings. The lowest BCUT2D eigenvalue weighted by molar-refractivity contribution is -0.132.